The first-order valence-corrected chi connectivity index (χ1v) is 11.1. The van der Waals surface area contributed by atoms with Crippen LogP contribution in [0.3, 0.4) is 0 Å². The van der Waals surface area contributed by atoms with Crippen LogP contribution in [0.2, 0.25) is 0 Å². The quantitative estimate of drug-likeness (QED) is 0.407. The molecule has 6 nitrogen and oxygen atoms in total. The Morgan fingerprint density at radius 1 is 0.677 bits per heavy atom. The number of hydrogen-bond acceptors (Lipinski definition) is 5. The maximum atomic E-state index is 13.2. The van der Waals surface area contributed by atoms with Crippen molar-refractivity contribution < 1.29 is 17.9 Å². The molecule has 0 spiro atoms. The maximum Gasteiger partial charge on any atom is 0.262 e. The predicted molar refractivity (Wildman–Crippen MR) is 124 cm³/mol. The average Bonchev–Trinajstić information content (AvgIpc) is 2.79. The van der Waals surface area contributed by atoms with E-state index in [1.807, 2.05) is 42.5 Å². The Morgan fingerprint density at radius 3 is 2.06 bits per heavy atom. The van der Waals surface area contributed by atoms with Crippen LogP contribution in [0.5, 0.6) is 11.5 Å². The molecule has 4 aromatic carbocycles. The molecule has 0 aromatic heterocycles. The van der Waals surface area contributed by atoms with E-state index in [1.165, 1.54) is 7.11 Å². The van der Waals surface area contributed by atoms with Crippen LogP contribution >= 0.6 is 0 Å². The molecule has 0 unspecified atom stereocenters. The van der Waals surface area contributed by atoms with E-state index in [-0.39, 0.29) is 4.90 Å². The molecule has 2 N–H and O–H groups in total. The number of hydrogen-bond donors (Lipinski definition) is 2. The minimum Gasteiger partial charge on any atom is -0.496 e. The molecular formula is C24H22N2O4S. The lowest BCUT2D eigenvalue weighted by molar-refractivity contribution is 0.417. The van der Waals surface area contributed by atoms with Gasteiger partial charge in [0.1, 0.15) is 11.5 Å². The van der Waals surface area contributed by atoms with Crippen molar-refractivity contribution in [3.63, 3.8) is 0 Å². The van der Waals surface area contributed by atoms with E-state index >= 15 is 0 Å². The van der Waals surface area contributed by atoms with Crippen LogP contribution in [0, 0.1) is 0 Å². The summed E-state index contributed by atoms with van der Waals surface area (Å²) in [6.07, 6.45) is 0. The molecule has 4 aromatic rings. The second kappa shape index (κ2) is 8.57. The minimum atomic E-state index is -3.88. The summed E-state index contributed by atoms with van der Waals surface area (Å²) in [4.78, 5) is 0.164. The van der Waals surface area contributed by atoms with Crippen molar-refractivity contribution in [1.82, 2.24) is 0 Å². The number of benzene rings is 4. The highest BCUT2D eigenvalue weighted by Gasteiger charge is 2.21. The van der Waals surface area contributed by atoms with Crippen LogP contribution in [-0.2, 0) is 10.0 Å². The number of sulfonamides is 1. The van der Waals surface area contributed by atoms with Crippen LogP contribution in [0.25, 0.3) is 10.8 Å². The molecule has 0 heterocycles. The topological polar surface area (TPSA) is 76.7 Å². The van der Waals surface area contributed by atoms with Gasteiger partial charge in [0.05, 0.1) is 24.8 Å². The summed E-state index contributed by atoms with van der Waals surface area (Å²) >= 11 is 0. The molecule has 0 saturated heterocycles. The van der Waals surface area contributed by atoms with Crippen molar-refractivity contribution in [2.24, 2.45) is 0 Å². The second-order valence-electron chi connectivity index (χ2n) is 6.82. The van der Waals surface area contributed by atoms with Gasteiger partial charge in [0.15, 0.2) is 0 Å². The Morgan fingerprint density at radius 2 is 1.35 bits per heavy atom. The molecule has 0 atom stereocenters. The number of methoxy groups -OCH3 is 2. The fraction of sp³-hybridized carbons (Fsp3) is 0.0833. The lowest BCUT2D eigenvalue weighted by atomic mass is 10.1. The van der Waals surface area contributed by atoms with Crippen LogP contribution in [0.1, 0.15) is 0 Å². The monoisotopic (exact) mass is 434 g/mol. The largest absolute Gasteiger partial charge is 0.496 e. The average molecular weight is 435 g/mol. The van der Waals surface area contributed by atoms with E-state index < -0.39 is 10.0 Å². The Hall–Kier alpha value is -3.71. The Bertz CT molecular complexity index is 1320. The van der Waals surface area contributed by atoms with Gasteiger partial charge >= 0.3 is 0 Å². The number of ether oxygens (including phenoxy) is 2. The van der Waals surface area contributed by atoms with Gasteiger partial charge in [0.25, 0.3) is 10.0 Å². The first kappa shape index (κ1) is 20.6. The molecule has 31 heavy (non-hydrogen) atoms. The van der Waals surface area contributed by atoms with Crippen molar-refractivity contribution >= 4 is 37.9 Å². The summed E-state index contributed by atoms with van der Waals surface area (Å²) in [7, 11) is -0.813. The van der Waals surface area contributed by atoms with Gasteiger partial charge in [-0.1, -0.05) is 42.5 Å². The van der Waals surface area contributed by atoms with Crippen LogP contribution in [0.15, 0.2) is 89.8 Å². The summed E-state index contributed by atoms with van der Waals surface area (Å²) in [5, 5.41) is 4.57. The summed E-state index contributed by atoms with van der Waals surface area (Å²) < 4.78 is 39.9. The molecule has 4 rings (SSSR count). The molecule has 0 radical (unpaired) electrons. The number of fused-ring (bicyclic) bond motifs is 1. The van der Waals surface area contributed by atoms with Crippen LogP contribution in [-0.4, -0.2) is 22.6 Å². The molecule has 0 aliphatic carbocycles. The first-order valence-electron chi connectivity index (χ1n) is 9.60. The van der Waals surface area contributed by atoms with Gasteiger partial charge in [-0.3, -0.25) is 4.72 Å². The number of rotatable bonds is 7. The summed E-state index contributed by atoms with van der Waals surface area (Å²) in [6, 6.07) is 25.3. The highest BCUT2D eigenvalue weighted by Crippen LogP contribution is 2.34. The zero-order chi connectivity index (χ0) is 21.8. The molecule has 0 aliphatic heterocycles. The van der Waals surface area contributed by atoms with E-state index in [0.29, 0.717) is 22.6 Å². The van der Waals surface area contributed by atoms with Crippen molar-refractivity contribution in [3.8, 4) is 11.5 Å². The van der Waals surface area contributed by atoms with Gasteiger partial charge in [-0.25, -0.2) is 8.42 Å². The zero-order valence-corrected chi connectivity index (χ0v) is 17.9. The van der Waals surface area contributed by atoms with Crippen molar-refractivity contribution in [1.29, 1.82) is 0 Å². The molecule has 0 bridgehead atoms. The lowest BCUT2D eigenvalue weighted by Crippen LogP contribution is -2.14. The van der Waals surface area contributed by atoms with Gasteiger partial charge < -0.3 is 14.8 Å². The van der Waals surface area contributed by atoms with Crippen molar-refractivity contribution in [2.45, 2.75) is 4.90 Å². The minimum absolute atomic E-state index is 0.164. The molecule has 158 valence electrons. The standard InChI is InChI=1S/C24H22N2O4S/c1-29-22-14-15-24(20-11-7-6-10-19(20)22)31(27,28)26-21-13-12-18(16-23(21)30-2)25-17-8-4-3-5-9-17/h3-16,25-26H,1-2H3. The van der Waals surface area contributed by atoms with Crippen LogP contribution < -0.4 is 19.5 Å². The maximum absolute atomic E-state index is 13.2. The highest BCUT2D eigenvalue weighted by atomic mass is 32.2. The van der Waals surface area contributed by atoms with E-state index in [0.717, 1.165) is 16.8 Å². The third-order valence-electron chi connectivity index (χ3n) is 4.86. The van der Waals surface area contributed by atoms with Crippen molar-refractivity contribution in [2.75, 3.05) is 24.3 Å². The summed E-state index contributed by atoms with van der Waals surface area (Å²) in [6.45, 7) is 0. The van der Waals surface area contributed by atoms with Crippen molar-refractivity contribution in [3.05, 3.63) is 84.9 Å². The predicted octanol–water partition coefficient (Wildman–Crippen LogP) is 5.40. The molecular weight excluding hydrogens is 412 g/mol. The third-order valence-corrected chi connectivity index (χ3v) is 6.29. The molecule has 0 saturated carbocycles. The number of para-hydroxylation sites is 1. The Kier molecular flexibility index (Phi) is 5.68. The first-order chi connectivity index (χ1) is 15.0. The number of nitrogens with one attached hydrogen (secondary N) is 2. The van der Waals surface area contributed by atoms with Gasteiger partial charge in [0, 0.05) is 28.2 Å². The molecule has 0 fully saturated rings. The number of anilines is 3. The van der Waals surface area contributed by atoms with E-state index in [4.69, 9.17) is 9.47 Å². The smallest absolute Gasteiger partial charge is 0.262 e. The third kappa shape index (κ3) is 4.27. The lowest BCUT2D eigenvalue weighted by Gasteiger charge is -2.16. The molecule has 0 amide bonds. The Balaban J connectivity index is 1.68. The second-order valence-corrected chi connectivity index (χ2v) is 8.47. The van der Waals surface area contributed by atoms with Crippen LogP contribution in [0.4, 0.5) is 17.1 Å². The fourth-order valence-corrected chi connectivity index (χ4v) is 4.68. The van der Waals surface area contributed by atoms with E-state index in [1.54, 1.807) is 49.6 Å². The SMILES string of the molecule is COc1cc(Nc2ccccc2)ccc1NS(=O)(=O)c1ccc(OC)c2ccccc12. The van der Waals surface area contributed by atoms with Gasteiger partial charge in [-0.15, -0.1) is 0 Å². The zero-order valence-electron chi connectivity index (χ0n) is 17.1. The van der Waals surface area contributed by atoms with E-state index in [2.05, 4.69) is 10.0 Å². The normalized spacial score (nSPS) is 11.2. The summed E-state index contributed by atoms with van der Waals surface area (Å²) in [5.74, 6) is 1.02. The highest BCUT2D eigenvalue weighted by molar-refractivity contribution is 7.93. The Labute approximate surface area is 181 Å². The molecule has 0 aliphatic rings. The van der Waals surface area contributed by atoms with Gasteiger partial charge in [0.2, 0.25) is 0 Å². The van der Waals surface area contributed by atoms with Gasteiger partial charge in [-0.05, 0) is 36.4 Å². The molecule has 7 heteroatoms. The van der Waals surface area contributed by atoms with E-state index in [9.17, 15) is 8.42 Å². The summed E-state index contributed by atoms with van der Waals surface area (Å²) in [5.41, 5.74) is 2.05. The fourth-order valence-electron chi connectivity index (χ4n) is 3.40. The van der Waals surface area contributed by atoms with Gasteiger partial charge in [-0.2, -0.15) is 0 Å².